The van der Waals surface area contributed by atoms with Crippen LogP contribution in [0.25, 0.3) is 10.9 Å². The van der Waals surface area contributed by atoms with Gasteiger partial charge in [0.05, 0.1) is 10.9 Å². The van der Waals surface area contributed by atoms with Crippen LogP contribution in [0.15, 0.2) is 33.6 Å². The molecule has 3 aromatic rings. The van der Waals surface area contributed by atoms with E-state index in [1.165, 1.54) is 0 Å². The average Bonchev–Trinajstić information content (AvgIpc) is 2.98. The fraction of sp³-hybridized carbons (Fsp3) is 0.412. The third-order valence-corrected chi connectivity index (χ3v) is 5.25. The van der Waals surface area contributed by atoms with Gasteiger partial charge in [-0.2, -0.15) is 4.98 Å². The summed E-state index contributed by atoms with van der Waals surface area (Å²) in [5.74, 6) is 1.99. The van der Waals surface area contributed by atoms with Crippen LogP contribution in [0.1, 0.15) is 36.8 Å². The quantitative estimate of drug-likeness (QED) is 0.747. The lowest BCUT2D eigenvalue weighted by Gasteiger charge is -2.67. The van der Waals surface area contributed by atoms with Crippen molar-refractivity contribution in [3.8, 4) is 0 Å². The van der Waals surface area contributed by atoms with Crippen LogP contribution in [-0.4, -0.2) is 25.6 Å². The number of aromatic amines is 1. The van der Waals surface area contributed by atoms with Crippen molar-refractivity contribution in [3.63, 3.8) is 0 Å². The van der Waals surface area contributed by atoms with E-state index in [0.29, 0.717) is 35.5 Å². The number of para-hydroxylation sites is 1. The smallest absolute Gasteiger partial charge is 0.258 e. The molecule has 3 aliphatic carbocycles. The number of fused-ring (bicyclic) bond motifs is 1. The fourth-order valence-corrected chi connectivity index (χ4v) is 4.15. The third kappa shape index (κ3) is 1.94. The molecule has 7 heteroatoms. The van der Waals surface area contributed by atoms with Crippen LogP contribution in [0.5, 0.6) is 0 Å². The highest BCUT2D eigenvalue weighted by atomic mass is 16.5. The van der Waals surface area contributed by atoms with Gasteiger partial charge in [0.1, 0.15) is 5.82 Å². The molecule has 2 bridgehead atoms. The fourth-order valence-electron chi connectivity index (χ4n) is 4.15. The first-order valence-corrected chi connectivity index (χ1v) is 8.15. The molecule has 2 aromatic heterocycles. The number of H-pyrrole nitrogens is 1. The molecule has 122 valence electrons. The van der Waals surface area contributed by atoms with Gasteiger partial charge in [-0.3, -0.25) is 4.79 Å². The monoisotopic (exact) mass is 323 g/mol. The Bertz CT molecular complexity index is 986. The zero-order valence-corrected chi connectivity index (χ0v) is 13.1. The van der Waals surface area contributed by atoms with Crippen LogP contribution in [0.3, 0.4) is 0 Å². The summed E-state index contributed by atoms with van der Waals surface area (Å²) in [5, 5.41) is 4.72. The number of aromatic nitrogens is 4. The Morgan fingerprint density at radius 2 is 1.96 bits per heavy atom. The Kier molecular flexibility index (Phi) is 2.60. The van der Waals surface area contributed by atoms with Gasteiger partial charge in [-0.05, 0) is 31.4 Å². The molecule has 0 aliphatic heterocycles. The maximum atomic E-state index is 12.1. The Labute approximate surface area is 137 Å². The number of hydrogen-bond acceptors (Lipinski definition) is 6. The summed E-state index contributed by atoms with van der Waals surface area (Å²) in [4.78, 5) is 23.9. The number of rotatable bonds is 4. The van der Waals surface area contributed by atoms with E-state index in [1.54, 1.807) is 6.07 Å². The largest absolute Gasteiger partial charge is 0.339 e. The Morgan fingerprint density at radius 1 is 1.17 bits per heavy atom. The Morgan fingerprint density at radius 3 is 2.75 bits per heavy atom. The highest BCUT2D eigenvalue weighted by Gasteiger charge is 2.68. The number of benzene rings is 1. The molecule has 3 aliphatic rings. The molecule has 0 radical (unpaired) electrons. The van der Waals surface area contributed by atoms with Crippen molar-refractivity contribution in [3.05, 3.63) is 52.2 Å². The van der Waals surface area contributed by atoms with Crippen molar-refractivity contribution in [2.45, 2.75) is 43.1 Å². The van der Waals surface area contributed by atoms with Crippen molar-refractivity contribution in [2.75, 3.05) is 0 Å². The maximum absolute atomic E-state index is 12.1. The van der Waals surface area contributed by atoms with E-state index in [9.17, 15) is 4.79 Å². The zero-order chi connectivity index (χ0) is 16.4. The minimum absolute atomic E-state index is 0.0231. The normalized spacial score (nSPS) is 27.7. The van der Waals surface area contributed by atoms with E-state index in [2.05, 4.69) is 20.1 Å². The van der Waals surface area contributed by atoms with Crippen LogP contribution in [-0.2, 0) is 18.3 Å². The Hall–Kier alpha value is -2.54. The van der Waals surface area contributed by atoms with Gasteiger partial charge in [-0.25, -0.2) is 4.98 Å². The summed E-state index contributed by atoms with van der Waals surface area (Å²) in [6.07, 6.45) is 3.98. The van der Waals surface area contributed by atoms with Crippen molar-refractivity contribution >= 4 is 10.9 Å². The minimum atomic E-state index is -0.121. The molecule has 7 nitrogen and oxygen atoms in total. The van der Waals surface area contributed by atoms with E-state index in [4.69, 9.17) is 10.3 Å². The first-order chi connectivity index (χ1) is 11.6. The van der Waals surface area contributed by atoms with Gasteiger partial charge in [0, 0.05) is 23.8 Å². The van der Waals surface area contributed by atoms with Gasteiger partial charge < -0.3 is 15.2 Å². The number of nitrogens with one attached hydrogen (secondary N) is 1. The van der Waals surface area contributed by atoms with E-state index in [0.717, 1.165) is 25.1 Å². The van der Waals surface area contributed by atoms with Crippen molar-refractivity contribution in [1.82, 2.24) is 20.1 Å². The number of aryl methyl sites for hydroxylation is 2. The SMILES string of the molecule is NC12CC(c3noc(CCc4nc5ccccc5c(=O)[nH]4)n3)(C1)C2. The standard InChI is InChI=1S/C17H17N5O2/c18-17-7-16(8-17,9-17)15-21-13(24-22-15)6-5-12-19-11-4-2-1-3-10(11)14(23)20-12/h1-4H,5-9,18H2,(H,19,20,23). The van der Waals surface area contributed by atoms with Crippen LogP contribution in [0, 0.1) is 0 Å². The average molecular weight is 323 g/mol. The first kappa shape index (κ1) is 13.9. The molecule has 3 fully saturated rings. The molecular formula is C17H17N5O2. The summed E-state index contributed by atoms with van der Waals surface area (Å²) in [6, 6.07) is 7.31. The summed E-state index contributed by atoms with van der Waals surface area (Å²) in [5.41, 5.74) is 6.74. The third-order valence-electron chi connectivity index (χ3n) is 5.25. The molecule has 0 spiro atoms. The van der Waals surface area contributed by atoms with Gasteiger partial charge in [0.25, 0.3) is 5.56 Å². The first-order valence-electron chi connectivity index (χ1n) is 8.15. The van der Waals surface area contributed by atoms with Crippen molar-refractivity contribution < 1.29 is 4.52 Å². The Balaban J connectivity index is 1.33. The molecule has 3 saturated carbocycles. The highest BCUT2D eigenvalue weighted by Crippen LogP contribution is 2.65. The number of hydrogen-bond donors (Lipinski definition) is 2. The predicted octanol–water partition coefficient (Wildman–Crippen LogP) is 1.22. The second-order valence-corrected chi connectivity index (χ2v) is 7.21. The predicted molar refractivity (Wildman–Crippen MR) is 86.5 cm³/mol. The van der Waals surface area contributed by atoms with Gasteiger partial charge in [0.2, 0.25) is 5.89 Å². The van der Waals surface area contributed by atoms with Gasteiger partial charge in [0.15, 0.2) is 5.82 Å². The van der Waals surface area contributed by atoms with E-state index in [1.807, 2.05) is 18.2 Å². The van der Waals surface area contributed by atoms with Crippen LogP contribution in [0.4, 0.5) is 0 Å². The van der Waals surface area contributed by atoms with Crippen LogP contribution >= 0.6 is 0 Å². The minimum Gasteiger partial charge on any atom is -0.339 e. The number of nitrogens with two attached hydrogens (primary N) is 1. The molecular weight excluding hydrogens is 306 g/mol. The molecule has 6 rings (SSSR count). The number of nitrogens with zero attached hydrogens (tertiary/aromatic N) is 3. The molecule has 2 heterocycles. The highest BCUT2D eigenvalue weighted by molar-refractivity contribution is 5.77. The van der Waals surface area contributed by atoms with E-state index >= 15 is 0 Å². The lowest BCUT2D eigenvalue weighted by atomic mass is 9.39. The second-order valence-electron chi connectivity index (χ2n) is 7.21. The molecule has 0 amide bonds. The van der Waals surface area contributed by atoms with Crippen LogP contribution in [0.2, 0.25) is 0 Å². The molecule has 0 unspecified atom stereocenters. The second kappa shape index (κ2) is 4.51. The van der Waals surface area contributed by atoms with Gasteiger partial charge in [-0.1, -0.05) is 17.3 Å². The summed E-state index contributed by atoms with van der Waals surface area (Å²) in [7, 11) is 0. The molecule has 3 N–H and O–H groups in total. The van der Waals surface area contributed by atoms with E-state index < -0.39 is 0 Å². The lowest BCUT2D eigenvalue weighted by molar-refractivity contribution is -0.0664. The summed E-state index contributed by atoms with van der Waals surface area (Å²) < 4.78 is 5.36. The topological polar surface area (TPSA) is 111 Å². The van der Waals surface area contributed by atoms with Crippen molar-refractivity contribution in [1.29, 1.82) is 0 Å². The molecule has 24 heavy (non-hydrogen) atoms. The van der Waals surface area contributed by atoms with Crippen molar-refractivity contribution in [2.24, 2.45) is 5.73 Å². The zero-order valence-electron chi connectivity index (χ0n) is 13.1. The maximum Gasteiger partial charge on any atom is 0.258 e. The van der Waals surface area contributed by atoms with Gasteiger partial charge in [-0.15, -0.1) is 0 Å². The molecule has 0 atom stereocenters. The lowest BCUT2D eigenvalue weighted by Crippen LogP contribution is -2.74. The molecule has 1 aromatic carbocycles. The van der Waals surface area contributed by atoms with E-state index in [-0.39, 0.29) is 16.5 Å². The summed E-state index contributed by atoms with van der Waals surface area (Å²) >= 11 is 0. The van der Waals surface area contributed by atoms with Gasteiger partial charge >= 0.3 is 0 Å². The van der Waals surface area contributed by atoms with Crippen LogP contribution < -0.4 is 11.3 Å². The molecule has 0 saturated heterocycles. The summed E-state index contributed by atoms with van der Waals surface area (Å²) in [6.45, 7) is 0.